The van der Waals surface area contributed by atoms with Crippen molar-refractivity contribution in [3.8, 4) is 5.75 Å². The van der Waals surface area contributed by atoms with Crippen molar-refractivity contribution in [1.82, 2.24) is 0 Å². The number of para-hydroxylation sites is 2. The second kappa shape index (κ2) is 7.63. The molecule has 0 spiro atoms. The summed E-state index contributed by atoms with van der Waals surface area (Å²) >= 11 is 0. The van der Waals surface area contributed by atoms with Crippen LogP contribution in [0.25, 0.3) is 6.08 Å². The second-order valence-electron chi connectivity index (χ2n) is 5.75. The average molecular weight is 307 g/mol. The standard InChI is InChI=1S/C20H21NO2/c22-20(15-14-16-8-2-1-3-9-16)21-18-12-6-7-13-19(18)23-17-10-4-5-11-17/h1-3,6-9,12-15,17H,4-5,10-11H2,(H,21,22)/b15-14+. The zero-order valence-electron chi connectivity index (χ0n) is 13.1. The number of ether oxygens (including phenoxy) is 1. The van der Waals surface area contributed by atoms with Crippen molar-refractivity contribution < 1.29 is 9.53 Å². The summed E-state index contributed by atoms with van der Waals surface area (Å²) in [5.74, 6) is 0.595. The molecule has 2 aromatic rings. The number of hydrogen-bond acceptors (Lipinski definition) is 2. The third-order valence-corrected chi connectivity index (χ3v) is 3.97. The van der Waals surface area contributed by atoms with Gasteiger partial charge in [0.15, 0.2) is 0 Å². The van der Waals surface area contributed by atoms with Crippen LogP contribution in [-0.2, 0) is 4.79 Å². The number of amides is 1. The van der Waals surface area contributed by atoms with Gasteiger partial charge in [0.2, 0.25) is 5.91 Å². The van der Waals surface area contributed by atoms with E-state index in [1.54, 1.807) is 12.2 Å². The minimum absolute atomic E-state index is 0.156. The number of benzene rings is 2. The molecular weight excluding hydrogens is 286 g/mol. The van der Waals surface area contributed by atoms with E-state index in [1.807, 2.05) is 54.6 Å². The van der Waals surface area contributed by atoms with Gasteiger partial charge in [0.1, 0.15) is 5.75 Å². The molecule has 1 aliphatic carbocycles. The molecule has 3 nitrogen and oxygen atoms in total. The Bertz CT molecular complexity index is 673. The van der Waals surface area contributed by atoms with Crippen LogP contribution in [0.2, 0.25) is 0 Å². The van der Waals surface area contributed by atoms with Gasteiger partial charge in [0.05, 0.1) is 11.8 Å². The van der Waals surface area contributed by atoms with Crippen LogP contribution in [0, 0.1) is 0 Å². The van der Waals surface area contributed by atoms with Crippen LogP contribution in [0.3, 0.4) is 0 Å². The number of hydrogen-bond donors (Lipinski definition) is 1. The molecular formula is C20H21NO2. The van der Waals surface area contributed by atoms with Gasteiger partial charge < -0.3 is 10.1 Å². The third kappa shape index (κ3) is 4.46. The van der Waals surface area contributed by atoms with Crippen LogP contribution >= 0.6 is 0 Å². The summed E-state index contributed by atoms with van der Waals surface area (Å²) in [6, 6.07) is 17.4. The van der Waals surface area contributed by atoms with Crippen LogP contribution in [0.4, 0.5) is 5.69 Å². The van der Waals surface area contributed by atoms with Gasteiger partial charge in [0, 0.05) is 6.08 Å². The maximum absolute atomic E-state index is 12.1. The minimum Gasteiger partial charge on any atom is -0.488 e. The number of nitrogens with one attached hydrogen (secondary N) is 1. The predicted molar refractivity (Wildman–Crippen MR) is 93.4 cm³/mol. The fourth-order valence-electron chi connectivity index (χ4n) is 2.77. The molecule has 1 aliphatic rings. The Kier molecular flexibility index (Phi) is 5.09. The molecule has 2 aromatic carbocycles. The van der Waals surface area contributed by atoms with E-state index >= 15 is 0 Å². The lowest BCUT2D eigenvalue weighted by Gasteiger charge is -2.16. The van der Waals surface area contributed by atoms with Crippen molar-refractivity contribution in [3.63, 3.8) is 0 Å². The van der Waals surface area contributed by atoms with Crippen LogP contribution in [-0.4, -0.2) is 12.0 Å². The Hall–Kier alpha value is -2.55. The molecule has 118 valence electrons. The van der Waals surface area contributed by atoms with E-state index in [0.29, 0.717) is 0 Å². The first-order valence-electron chi connectivity index (χ1n) is 8.11. The summed E-state index contributed by atoms with van der Waals surface area (Å²) in [5, 5.41) is 2.90. The quantitative estimate of drug-likeness (QED) is 0.816. The van der Waals surface area contributed by atoms with Gasteiger partial charge in [-0.15, -0.1) is 0 Å². The highest BCUT2D eigenvalue weighted by Crippen LogP contribution is 2.29. The maximum atomic E-state index is 12.1. The average Bonchev–Trinajstić information content (AvgIpc) is 3.09. The summed E-state index contributed by atoms with van der Waals surface area (Å²) in [4.78, 5) is 12.1. The summed E-state index contributed by atoms with van der Waals surface area (Å²) in [6.07, 6.45) is 8.25. The second-order valence-corrected chi connectivity index (χ2v) is 5.75. The van der Waals surface area contributed by atoms with E-state index in [2.05, 4.69) is 5.32 Å². The van der Waals surface area contributed by atoms with E-state index in [1.165, 1.54) is 12.8 Å². The van der Waals surface area contributed by atoms with Crippen LogP contribution in [0.5, 0.6) is 5.75 Å². The highest BCUT2D eigenvalue weighted by Gasteiger charge is 2.18. The van der Waals surface area contributed by atoms with Crippen LogP contribution in [0.15, 0.2) is 60.7 Å². The summed E-state index contributed by atoms with van der Waals surface area (Å²) < 4.78 is 6.03. The highest BCUT2D eigenvalue weighted by molar-refractivity contribution is 6.02. The Labute approximate surface area is 137 Å². The van der Waals surface area contributed by atoms with Crippen LogP contribution < -0.4 is 10.1 Å². The monoisotopic (exact) mass is 307 g/mol. The molecule has 1 N–H and O–H groups in total. The molecule has 0 heterocycles. The molecule has 0 bridgehead atoms. The fraction of sp³-hybridized carbons (Fsp3) is 0.250. The summed E-state index contributed by atoms with van der Waals surface area (Å²) in [7, 11) is 0. The summed E-state index contributed by atoms with van der Waals surface area (Å²) in [5.41, 5.74) is 1.72. The van der Waals surface area contributed by atoms with Crippen molar-refractivity contribution in [3.05, 3.63) is 66.2 Å². The largest absolute Gasteiger partial charge is 0.488 e. The Balaban J connectivity index is 1.65. The number of anilines is 1. The van der Waals surface area contributed by atoms with Crippen molar-refractivity contribution in [2.45, 2.75) is 31.8 Å². The molecule has 3 rings (SSSR count). The van der Waals surface area contributed by atoms with E-state index < -0.39 is 0 Å². The van der Waals surface area contributed by atoms with Gasteiger partial charge in [-0.2, -0.15) is 0 Å². The smallest absolute Gasteiger partial charge is 0.248 e. The zero-order chi connectivity index (χ0) is 15.9. The van der Waals surface area contributed by atoms with Crippen molar-refractivity contribution in [1.29, 1.82) is 0 Å². The van der Waals surface area contributed by atoms with Gasteiger partial charge in [-0.1, -0.05) is 42.5 Å². The molecule has 3 heteroatoms. The molecule has 0 atom stereocenters. The minimum atomic E-state index is -0.156. The van der Waals surface area contributed by atoms with E-state index in [4.69, 9.17) is 4.74 Å². The van der Waals surface area contributed by atoms with Crippen molar-refractivity contribution in [2.24, 2.45) is 0 Å². The van der Waals surface area contributed by atoms with Crippen molar-refractivity contribution in [2.75, 3.05) is 5.32 Å². The van der Waals surface area contributed by atoms with Gasteiger partial charge in [-0.3, -0.25) is 4.79 Å². The Morgan fingerprint density at radius 1 is 1.00 bits per heavy atom. The van der Waals surface area contributed by atoms with Gasteiger partial charge in [-0.05, 0) is 49.5 Å². The Morgan fingerprint density at radius 3 is 2.48 bits per heavy atom. The maximum Gasteiger partial charge on any atom is 0.248 e. The SMILES string of the molecule is O=C(/C=C/c1ccccc1)Nc1ccccc1OC1CCCC1. The molecule has 1 saturated carbocycles. The van der Waals surface area contributed by atoms with E-state index in [0.717, 1.165) is 29.8 Å². The first-order chi connectivity index (χ1) is 11.3. The normalized spacial score (nSPS) is 15.0. The number of carbonyl (C=O) groups excluding carboxylic acids is 1. The zero-order valence-corrected chi connectivity index (χ0v) is 13.1. The highest BCUT2D eigenvalue weighted by atomic mass is 16.5. The topological polar surface area (TPSA) is 38.3 Å². The van der Waals surface area contributed by atoms with Crippen LogP contribution in [0.1, 0.15) is 31.2 Å². The predicted octanol–water partition coefficient (Wildman–Crippen LogP) is 4.66. The fourth-order valence-corrected chi connectivity index (χ4v) is 2.77. The summed E-state index contributed by atoms with van der Waals surface area (Å²) in [6.45, 7) is 0. The van der Waals surface area contributed by atoms with Crippen molar-refractivity contribution >= 4 is 17.7 Å². The first-order valence-corrected chi connectivity index (χ1v) is 8.11. The molecule has 23 heavy (non-hydrogen) atoms. The molecule has 1 amide bonds. The lowest BCUT2D eigenvalue weighted by molar-refractivity contribution is -0.111. The molecule has 0 radical (unpaired) electrons. The first kappa shape index (κ1) is 15.3. The van der Waals surface area contributed by atoms with Gasteiger partial charge >= 0.3 is 0 Å². The lowest BCUT2D eigenvalue weighted by Crippen LogP contribution is -2.14. The molecule has 0 aromatic heterocycles. The van der Waals surface area contributed by atoms with Gasteiger partial charge in [-0.25, -0.2) is 0 Å². The number of rotatable bonds is 5. The van der Waals surface area contributed by atoms with E-state index in [-0.39, 0.29) is 12.0 Å². The number of carbonyl (C=O) groups is 1. The molecule has 0 unspecified atom stereocenters. The van der Waals surface area contributed by atoms with E-state index in [9.17, 15) is 4.79 Å². The molecule has 0 saturated heterocycles. The Morgan fingerprint density at radius 2 is 1.70 bits per heavy atom. The molecule has 0 aliphatic heterocycles. The lowest BCUT2D eigenvalue weighted by atomic mass is 10.2. The third-order valence-electron chi connectivity index (χ3n) is 3.97. The molecule has 1 fully saturated rings. The van der Waals surface area contributed by atoms with Gasteiger partial charge in [0.25, 0.3) is 0 Å².